The Morgan fingerprint density at radius 1 is 1.15 bits per heavy atom. The summed E-state index contributed by atoms with van der Waals surface area (Å²) in [4.78, 5) is 38.7. The summed E-state index contributed by atoms with van der Waals surface area (Å²) < 4.78 is 0. The number of hydrogen-bond acceptors (Lipinski definition) is 4. The number of carbonyl (C=O) groups is 2. The molecule has 26 heavy (non-hydrogen) atoms. The van der Waals surface area contributed by atoms with Crippen LogP contribution in [-0.2, 0) is 4.79 Å². The molecule has 0 spiro atoms. The Kier molecular flexibility index (Phi) is 4.90. The highest BCUT2D eigenvalue weighted by molar-refractivity contribution is 6.33. The standard InChI is InChI=1S/C18H16ClN3O4/c1-12-17(23)21(16-5-3-2-4-15(16)19)11-10-20(12)18(24)13-6-8-14(9-7-13)22(25)26/h2-9,12H,10-11H2,1H3. The number of hydrogen-bond donors (Lipinski definition) is 0. The highest BCUT2D eigenvalue weighted by Gasteiger charge is 2.36. The van der Waals surface area contributed by atoms with Crippen LogP contribution in [0.2, 0.25) is 5.02 Å². The van der Waals surface area contributed by atoms with Gasteiger partial charge < -0.3 is 9.80 Å². The molecular weight excluding hydrogens is 358 g/mol. The average molecular weight is 374 g/mol. The van der Waals surface area contributed by atoms with Crippen LogP contribution in [0.15, 0.2) is 48.5 Å². The summed E-state index contributed by atoms with van der Waals surface area (Å²) in [5.74, 6) is -0.556. The summed E-state index contributed by atoms with van der Waals surface area (Å²) in [6, 6.07) is 11.8. The molecule has 1 atom stereocenters. The molecule has 0 radical (unpaired) electrons. The monoisotopic (exact) mass is 373 g/mol. The third-order valence-corrected chi connectivity index (χ3v) is 4.70. The van der Waals surface area contributed by atoms with Crippen LogP contribution in [0.3, 0.4) is 0 Å². The molecule has 1 heterocycles. The van der Waals surface area contributed by atoms with Gasteiger partial charge in [-0.1, -0.05) is 23.7 Å². The first kappa shape index (κ1) is 17.9. The van der Waals surface area contributed by atoms with E-state index in [2.05, 4.69) is 0 Å². The van der Waals surface area contributed by atoms with E-state index in [1.54, 1.807) is 36.1 Å². The van der Waals surface area contributed by atoms with Gasteiger partial charge >= 0.3 is 0 Å². The number of benzene rings is 2. The second-order valence-electron chi connectivity index (χ2n) is 5.92. The van der Waals surface area contributed by atoms with Crippen molar-refractivity contribution in [3.05, 3.63) is 69.2 Å². The molecule has 0 N–H and O–H groups in total. The lowest BCUT2D eigenvalue weighted by Gasteiger charge is -2.39. The molecule has 2 amide bonds. The van der Waals surface area contributed by atoms with Gasteiger partial charge in [-0.3, -0.25) is 19.7 Å². The number of nitrogens with zero attached hydrogens (tertiary/aromatic N) is 3. The Morgan fingerprint density at radius 3 is 2.42 bits per heavy atom. The summed E-state index contributed by atoms with van der Waals surface area (Å²) in [5.41, 5.74) is 0.837. The third kappa shape index (κ3) is 3.25. The van der Waals surface area contributed by atoms with E-state index in [1.165, 1.54) is 29.2 Å². The second kappa shape index (κ2) is 7.13. The van der Waals surface area contributed by atoms with Crippen molar-refractivity contribution in [2.24, 2.45) is 0 Å². The van der Waals surface area contributed by atoms with Crippen LogP contribution in [0.1, 0.15) is 17.3 Å². The van der Waals surface area contributed by atoms with Gasteiger partial charge in [0.25, 0.3) is 11.6 Å². The summed E-state index contributed by atoms with van der Waals surface area (Å²) in [6.45, 7) is 2.33. The molecular formula is C18H16ClN3O4. The van der Waals surface area contributed by atoms with Crippen LogP contribution < -0.4 is 4.90 Å². The molecule has 134 valence electrons. The SMILES string of the molecule is CC1C(=O)N(c2ccccc2Cl)CCN1C(=O)c1ccc([N+](=O)[O-])cc1. The van der Waals surface area contributed by atoms with Crippen LogP contribution in [0.4, 0.5) is 11.4 Å². The number of nitro groups is 1. The van der Waals surface area contributed by atoms with Crippen LogP contribution >= 0.6 is 11.6 Å². The fraction of sp³-hybridized carbons (Fsp3) is 0.222. The molecule has 1 saturated heterocycles. The van der Waals surface area contributed by atoms with E-state index in [9.17, 15) is 19.7 Å². The number of nitro benzene ring substituents is 1. The molecule has 3 rings (SSSR count). The summed E-state index contributed by atoms with van der Waals surface area (Å²) in [7, 11) is 0. The van der Waals surface area contributed by atoms with Crippen molar-refractivity contribution in [2.45, 2.75) is 13.0 Å². The number of piperazine rings is 1. The van der Waals surface area contributed by atoms with E-state index < -0.39 is 11.0 Å². The minimum atomic E-state index is -0.664. The van der Waals surface area contributed by atoms with E-state index >= 15 is 0 Å². The fourth-order valence-electron chi connectivity index (χ4n) is 2.95. The quantitative estimate of drug-likeness (QED) is 0.611. The van der Waals surface area contributed by atoms with Gasteiger partial charge in [-0.15, -0.1) is 0 Å². The lowest BCUT2D eigenvalue weighted by molar-refractivity contribution is -0.384. The number of carbonyl (C=O) groups excluding carboxylic acids is 2. The Hall–Kier alpha value is -2.93. The normalized spacial score (nSPS) is 17.3. The number of para-hydroxylation sites is 1. The van der Waals surface area contributed by atoms with E-state index in [1.807, 2.05) is 0 Å². The van der Waals surface area contributed by atoms with Crippen molar-refractivity contribution >= 4 is 34.8 Å². The first-order valence-corrected chi connectivity index (χ1v) is 8.39. The maximum absolute atomic E-state index is 12.8. The van der Waals surface area contributed by atoms with Gasteiger partial charge in [0, 0.05) is 30.8 Å². The molecule has 7 nitrogen and oxygen atoms in total. The third-order valence-electron chi connectivity index (χ3n) is 4.38. The maximum atomic E-state index is 12.8. The molecule has 0 aromatic heterocycles. The minimum Gasteiger partial charge on any atom is -0.325 e. The van der Waals surface area contributed by atoms with Gasteiger partial charge in [-0.2, -0.15) is 0 Å². The van der Waals surface area contributed by atoms with Crippen LogP contribution in [0.5, 0.6) is 0 Å². The van der Waals surface area contributed by atoms with Gasteiger partial charge in [-0.05, 0) is 31.2 Å². The maximum Gasteiger partial charge on any atom is 0.269 e. The average Bonchev–Trinajstić information content (AvgIpc) is 2.64. The fourth-order valence-corrected chi connectivity index (χ4v) is 3.19. The van der Waals surface area contributed by atoms with Crippen molar-refractivity contribution < 1.29 is 14.5 Å². The van der Waals surface area contributed by atoms with Gasteiger partial charge in [0.1, 0.15) is 6.04 Å². The summed E-state index contributed by atoms with van der Waals surface area (Å²) in [6.07, 6.45) is 0. The first-order chi connectivity index (χ1) is 12.4. The number of halogens is 1. The van der Waals surface area contributed by atoms with Gasteiger partial charge in [-0.25, -0.2) is 0 Å². The van der Waals surface area contributed by atoms with Crippen molar-refractivity contribution in [1.29, 1.82) is 0 Å². The zero-order chi connectivity index (χ0) is 18.8. The zero-order valence-electron chi connectivity index (χ0n) is 14.0. The molecule has 0 bridgehead atoms. The van der Waals surface area contributed by atoms with E-state index in [-0.39, 0.29) is 17.5 Å². The van der Waals surface area contributed by atoms with Crippen molar-refractivity contribution in [1.82, 2.24) is 4.90 Å². The highest BCUT2D eigenvalue weighted by Crippen LogP contribution is 2.28. The molecule has 1 unspecified atom stereocenters. The number of non-ortho nitro benzene ring substituents is 1. The first-order valence-electron chi connectivity index (χ1n) is 8.01. The Bertz CT molecular complexity index is 869. The molecule has 1 aliphatic heterocycles. The lowest BCUT2D eigenvalue weighted by Crippen LogP contribution is -2.57. The smallest absolute Gasteiger partial charge is 0.269 e. The molecule has 1 fully saturated rings. The van der Waals surface area contributed by atoms with Crippen molar-refractivity contribution in [2.75, 3.05) is 18.0 Å². The van der Waals surface area contributed by atoms with E-state index in [0.717, 1.165) is 0 Å². The molecule has 0 aliphatic carbocycles. The van der Waals surface area contributed by atoms with Crippen molar-refractivity contribution in [3.63, 3.8) is 0 Å². The summed E-state index contributed by atoms with van der Waals surface area (Å²) >= 11 is 6.18. The van der Waals surface area contributed by atoms with E-state index in [0.29, 0.717) is 29.4 Å². The molecule has 0 saturated carbocycles. The Balaban J connectivity index is 1.79. The Labute approximate surface area is 154 Å². The molecule has 1 aliphatic rings. The number of anilines is 1. The predicted molar refractivity (Wildman–Crippen MR) is 97.4 cm³/mol. The van der Waals surface area contributed by atoms with Crippen LogP contribution in [-0.4, -0.2) is 40.8 Å². The highest BCUT2D eigenvalue weighted by atomic mass is 35.5. The zero-order valence-corrected chi connectivity index (χ0v) is 14.7. The topological polar surface area (TPSA) is 83.8 Å². The van der Waals surface area contributed by atoms with Gasteiger partial charge in [0.05, 0.1) is 15.6 Å². The lowest BCUT2D eigenvalue weighted by atomic mass is 10.1. The number of rotatable bonds is 3. The summed E-state index contributed by atoms with van der Waals surface area (Å²) in [5, 5.41) is 11.2. The predicted octanol–water partition coefficient (Wildman–Crippen LogP) is 3.13. The van der Waals surface area contributed by atoms with E-state index in [4.69, 9.17) is 11.6 Å². The number of amides is 2. The Morgan fingerprint density at radius 2 is 1.81 bits per heavy atom. The second-order valence-corrected chi connectivity index (χ2v) is 6.33. The van der Waals surface area contributed by atoms with Crippen molar-refractivity contribution in [3.8, 4) is 0 Å². The molecule has 2 aromatic carbocycles. The van der Waals surface area contributed by atoms with Crippen LogP contribution in [0, 0.1) is 10.1 Å². The molecule has 8 heteroatoms. The molecule has 2 aromatic rings. The van der Waals surface area contributed by atoms with Gasteiger partial charge in [0.15, 0.2) is 0 Å². The largest absolute Gasteiger partial charge is 0.325 e. The van der Waals surface area contributed by atoms with Crippen LogP contribution in [0.25, 0.3) is 0 Å². The minimum absolute atomic E-state index is 0.0887. The van der Waals surface area contributed by atoms with Gasteiger partial charge in [0.2, 0.25) is 5.91 Å².